The molecule has 6 heteroatoms. The first-order valence-electron chi connectivity index (χ1n) is 6.79. The number of methoxy groups -OCH3 is 1. The monoisotopic (exact) mass is 279 g/mol. The molecule has 0 aromatic heterocycles. The van der Waals surface area contributed by atoms with Gasteiger partial charge in [0.1, 0.15) is 0 Å². The number of aliphatic hydroxyl groups excluding tert-OH is 1. The molecule has 0 saturated heterocycles. The highest BCUT2D eigenvalue weighted by Gasteiger charge is 2.07. The van der Waals surface area contributed by atoms with Gasteiger partial charge < -0.3 is 29.4 Å². The summed E-state index contributed by atoms with van der Waals surface area (Å²) in [6.07, 6.45) is 0. The zero-order chi connectivity index (χ0) is 14.3. The van der Waals surface area contributed by atoms with Crippen molar-refractivity contribution in [2.45, 2.75) is 25.9 Å². The second-order valence-corrected chi connectivity index (χ2v) is 4.49. The molecule has 0 amide bonds. The van der Waals surface area contributed by atoms with Gasteiger partial charge in [-0.3, -0.25) is 0 Å². The fourth-order valence-electron chi connectivity index (χ4n) is 1.43. The van der Waals surface area contributed by atoms with Gasteiger partial charge in [-0.25, -0.2) is 0 Å². The third-order valence-electron chi connectivity index (χ3n) is 2.28. The summed E-state index contributed by atoms with van der Waals surface area (Å²) >= 11 is 0. The Morgan fingerprint density at radius 1 is 0.895 bits per heavy atom. The van der Waals surface area contributed by atoms with Crippen LogP contribution >= 0.6 is 0 Å². The topological polar surface area (TPSA) is 69.2 Å². The SMILES string of the molecule is COCCOCCOCCOCC(CO)NC(C)C. The Kier molecular flexibility index (Phi) is 14.0. The van der Waals surface area contributed by atoms with Crippen LogP contribution < -0.4 is 5.32 Å². The van der Waals surface area contributed by atoms with Gasteiger partial charge in [-0.1, -0.05) is 13.8 Å². The minimum atomic E-state index is -0.0163. The highest BCUT2D eigenvalue weighted by Crippen LogP contribution is 1.89. The van der Waals surface area contributed by atoms with E-state index in [1.807, 2.05) is 13.8 Å². The molecule has 0 bridgehead atoms. The number of hydrogen-bond donors (Lipinski definition) is 2. The Bertz CT molecular complexity index is 180. The van der Waals surface area contributed by atoms with Gasteiger partial charge in [0.05, 0.1) is 58.9 Å². The van der Waals surface area contributed by atoms with E-state index in [2.05, 4.69) is 5.32 Å². The normalized spacial score (nSPS) is 13.1. The zero-order valence-corrected chi connectivity index (χ0v) is 12.4. The average Bonchev–Trinajstić information content (AvgIpc) is 2.39. The summed E-state index contributed by atoms with van der Waals surface area (Å²) in [6, 6.07) is 0.318. The van der Waals surface area contributed by atoms with E-state index < -0.39 is 0 Å². The third-order valence-corrected chi connectivity index (χ3v) is 2.28. The van der Waals surface area contributed by atoms with Gasteiger partial charge in [-0.05, 0) is 0 Å². The number of rotatable bonds is 14. The molecule has 6 nitrogen and oxygen atoms in total. The van der Waals surface area contributed by atoms with Crippen molar-refractivity contribution in [2.24, 2.45) is 0 Å². The standard InChI is InChI=1S/C13H29NO5/c1-12(2)14-13(10-15)11-19-9-8-18-7-6-17-5-4-16-3/h12-15H,4-11H2,1-3H3. The number of aliphatic hydroxyl groups is 1. The Labute approximate surface area is 116 Å². The highest BCUT2D eigenvalue weighted by molar-refractivity contribution is 4.66. The average molecular weight is 279 g/mol. The maximum absolute atomic E-state index is 9.12. The van der Waals surface area contributed by atoms with E-state index in [0.717, 1.165) is 0 Å². The molecule has 0 heterocycles. The summed E-state index contributed by atoms with van der Waals surface area (Å²) in [5, 5.41) is 12.3. The van der Waals surface area contributed by atoms with E-state index in [1.54, 1.807) is 7.11 Å². The lowest BCUT2D eigenvalue weighted by atomic mass is 10.3. The maximum Gasteiger partial charge on any atom is 0.0701 e. The van der Waals surface area contributed by atoms with Gasteiger partial charge in [0.25, 0.3) is 0 Å². The molecule has 116 valence electrons. The van der Waals surface area contributed by atoms with Gasteiger partial charge >= 0.3 is 0 Å². The lowest BCUT2D eigenvalue weighted by Crippen LogP contribution is -2.41. The zero-order valence-electron chi connectivity index (χ0n) is 12.4. The van der Waals surface area contributed by atoms with Crippen LogP contribution in [0, 0.1) is 0 Å². The number of hydrogen-bond acceptors (Lipinski definition) is 6. The van der Waals surface area contributed by atoms with Crippen LogP contribution in [0.1, 0.15) is 13.8 Å². The fourth-order valence-corrected chi connectivity index (χ4v) is 1.43. The van der Waals surface area contributed by atoms with Crippen LogP contribution in [0.5, 0.6) is 0 Å². The van der Waals surface area contributed by atoms with Crippen LogP contribution in [-0.2, 0) is 18.9 Å². The summed E-state index contributed by atoms with van der Waals surface area (Å²) in [5.74, 6) is 0. The molecular weight excluding hydrogens is 250 g/mol. The number of ether oxygens (including phenoxy) is 4. The van der Waals surface area contributed by atoms with Gasteiger partial charge in [0.2, 0.25) is 0 Å². The van der Waals surface area contributed by atoms with Crippen molar-refractivity contribution in [3.63, 3.8) is 0 Å². The van der Waals surface area contributed by atoms with Crippen LogP contribution in [0.25, 0.3) is 0 Å². The summed E-state index contributed by atoms with van der Waals surface area (Å²) in [7, 11) is 1.64. The van der Waals surface area contributed by atoms with Crippen molar-refractivity contribution >= 4 is 0 Å². The molecule has 2 N–H and O–H groups in total. The van der Waals surface area contributed by atoms with Gasteiger partial charge in [0.15, 0.2) is 0 Å². The molecule has 0 aromatic carbocycles. The van der Waals surface area contributed by atoms with E-state index >= 15 is 0 Å². The van der Waals surface area contributed by atoms with Crippen LogP contribution in [0.3, 0.4) is 0 Å². The van der Waals surface area contributed by atoms with Gasteiger partial charge in [-0.15, -0.1) is 0 Å². The molecular formula is C13H29NO5. The second kappa shape index (κ2) is 14.2. The minimum absolute atomic E-state index is 0.0163. The molecule has 0 radical (unpaired) electrons. The quantitative estimate of drug-likeness (QED) is 0.438. The molecule has 0 rings (SSSR count). The molecule has 0 aromatic rings. The first kappa shape index (κ1) is 18.8. The van der Waals surface area contributed by atoms with Crippen molar-refractivity contribution in [1.29, 1.82) is 0 Å². The summed E-state index contributed by atoms with van der Waals surface area (Å²) in [4.78, 5) is 0. The first-order chi connectivity index (χ1) is 9.20. The van der Waals surface area contributed by atoms with Gasteiger partial charge in [0, 0.05) is 13.2 Å². The van der Waals surface area contributed by atoms with Gasteiger partial charge in [-0.2, -0.15) is 0 Å². The van der Waals surface area contributed by atoms with E-state index in [1.165, 1.54) is 0 Å². The smallest absolute Gasteiger partial charge is 0.0701 e. The fraction of sp³-hybridized carbons (Fsp3) is 1.00. The van der Waals surface area contributed by atoms with E-state index in [0.29, 0.717) is 52.3 Å². The minimum Gasteiger partial charge on any atom is -0.395 e. The molecule has 1 unspecified atom stereocenters. The van der Waals surface area contributed by atoms with Crippen molar-refractivity contribution in [2.75, 3.05) is 60.0 Å². The Morgan fingerprint density at radius 2 is 1.42 bits per heavy atom. The van der Waals surface area contributed by atoms with Crippen LogP contribution in [0.4, 0.5) is 0 Å². The van der Waals surface area contributed by atoms with E-state index in [-0.39, 0.29) is 12.6 Å². The van der Waals surface area contributed by atoms with E-state index in [4.69, 9.17) is 24.1 Å². The van der Waals surface area contributed by atoms with Crippen molar-refractivity contribution in [3.05, 3.63) is 0 Å². The van der Waals surface area contributed by atoms with Crippen molar-refractivity contribution in [1.82, 2.24) is 5.32 Å². The Hall–Kier alpha value is -0.240. The molecule has 0 aliphatic carbocycles. The Morgan fingerprint density at radius 3 is 1.89 bits per heavy atom. The van der Waals surface area contributed by atoms with Crippen LogP contribution in [0.15, 0.2) is 0 Å². The first-order valence-corrected chi connectivity index (χ1v) is 6.79. The third kappa shape index (κ3) is 14.0. The summed E-state index contributed by atoms with van der Waals surface area (Å²) in [6.45, 7) is 8.02. The summed E-state index contributed by atoms with van der Waals surface area (Å²) in [5.41, 5.74) is 0. The molecule has 0 spiro atoms. The number of nitrogens with one attached hydrogen (secondary N) is 1. The molecule has 19 heavy (non-hydrogen) atoms. The summed E-state index contributed by atoms with van der Waals surface area (Å²) < 4.78 is 20.9. The predicted octanol–water partition coefficient (Wildman–Crippen LogP) is 0.0415. The lowest BCUT2D eigenvalue weighted by molar-refractivity contribution is -0.00186. The molecule has 0 aliphatic rings. The largest absolute Gasteiger partial charge is 0.395 e. The van der Waals surface area contributed by atoms with Crippen LogP contribution in [0.2, 0.25) is 0 Å². The second-order valence-electron chi connectivity index (χ2n) is 4.49. The predicted molar refractivity (Wildman–Crippen MR) is 73.5 cm³/mol. The Balaban J connectivity index is 3.21. The lowest BCUT2D eigenvalue weighted by Gasteiger charge is -2.18. The van der Waals surface area contributed by atoms with Crippen LogP contribution in [-0.4, -0.2) is 77.2 Å². The molecule has 1 atom stereocenters. The maximum atomic E-state index is 9.12. The molecule has 0 aliphatic heterocycles. The molecule has 0 fully saturated rings. The van der Waals surface area contributed by atoms with Crippen molar-refractivity contribution < 1.29 is 24.1 Å². The van der Waals surface area contributed by atoms with E-state index in [9.17, 15) is 0 Å². The van der Waals surface area contributed by atoms with Crippen molar-refractivity contribution in [3.8, 4) is 0 Å². The highest BCUT2D eigenvalue weighted by atomic mass is 16.6. The molecule has 0 saturated carbocycles.